The normalized spacial score (nSPS) is 10.4. The van der Waals surface area contributed by atoms with Gasteiger partial charge in [-0.15, -0.1) is 0 Å². The van der Waals surface area contributed by atoms with Gasteiger partial charge < -0.3 is 10.3 Å². The van der Waals surface area contributed by atoms with Crippen molar-refractivity contribution in [1.29, 1.82) is 0 Å². The minimum absolute atomic E-state index is 0.129. The summed E-state index contributed by atoms with van der Waals surface area (Å²) in [5, 5.41) is 3.30. The van der Waals surface area contributed by atoms with Gasteiger partial charge in [0, 0.05) is 16.9 Å². The quantitative estimate of drug-likeness (QED) is 0.672. The van der Waals surface area contributed by atoms with E-state index in [1.807, 2.05) is 31.2 Å². The molecule has 1 aromatic carbocycles. The number of rotatable bonds is 4. The number of nitrogens with one attached hydrogen (secondary N) is 2. The van der Waals surface area contributed by atoms with Crippen LogP contribution in [0, 0.1) is 20.8 Å². The fourth-order valence-electron chi connectivity index (χ4n) is 1.72. The summed E-state index contributed by atoms with van der Waals surface area (Å²) in [6.07, 6.45) is 0. The number of thioether (sulfide) groups is 1. The first kappa shape index (κ1) is 15.3. The summed E-state index contributed by atoms with van der Waals surface area (Å²) in [7, 11) is 0. The SMILES string of the molecule is Cc1ccccc1NC(=O)CSc1nc(C)c(C)c(=O)[nH]1. The lowest BCUT2D eigenvalue weighted by Crippen LogP contribution is -2.17. The van der Waals surface area contributed by atoms with E-state index in [9.17, 15) is 9.59 Å². The van der Waals surface area contributed by atoms with E-state index in [0.717, 1.165) is 11.3 Å². The van der Waals surface area contributed by atoms with E-state index in [4.69, 9.17) is 0 Å². The molecule has 1 aromatic heterocycles. The number of amides is 1. The van der Waals surface area contributed by atoms with Crippen molar-refractivity contribution in [3.63, 3.8) is 0 Å². The smallest absolute Gasteiger partial charge is 0.254 e. The van der Waals surface area contributed by atoms with Crippen LogP contribution in [0.4, 0.5) is 5.69 Å². The molecule has 0 atom stereocenters. The topological polar surface area (TPSA) is 74.8 Å². The van der Waals surface area contributed by atoms with Crippen LogP contribution >= 0.6 is 11.8 Å². The van der Waals surface area contributed by atoms with E-state index in [0.29, 0.717) is 16.4 Å². The zero-order chi connectivity index (χ0) is 15.4. The highest BCUT2D eigenvalue weighted by molar-refractivity contribution is 7.99. The number of hydrogen-bond acceptors (Lipinski definition) is 4. The lowest BCUT2D eigenvalue weighted by molar-refractivity contribution is -0.113. The molecule has 0 unspecified atom stereocenters. The van der Waals surface area contributed by atoms with Crippen molar-refractivity contribution in [3.8, 4) is 0 Å². The number of anilines is 1. The summed E-state index contributed by atoms with van der Waals surface area (Å²) in [4.78, 5) is 30.5. The van der Waals surface area contributed by atoms with Gasteiger partial charge in [0.2, 0.25) is 5.91 Å². The third kappa shape index (κ3) is 3.95. The number of aryl methyl sites for hydroxylation is 2. The van der Waals surface area contributed by atoms with Crippen molar-refractivity contribution in [2.75, 3.05) is 11.1 Å². The minimum atomic E-state index is -0.163. The second kappa shape index (κ2) is 6.58. The van der Waals surface area contributed by atoms with Crippen LogP contribution in [0.1, 0.15) is 16.8 Å². The molecule has 5 nitrogen and oxygen atoms in total. The van der Waals surface area contributed by atoms with Gasteiger partial charge in [-0.05, 0) is 32.4 Å². The summed E-state index contributed by atoms with van der Waals surface area (Å²) in [5.74, 6) is 0.0648. The molecule has 0 radical (unpaired) electrons. The molecule has 0 aliphatic carbocycles. The van der Waals surface area contributed by atoms with Crippen LogP contribution < -0.4 is 10.9 Å². The highest BCUT2D eigenvalue weighted by Crippen LogP contribution is 2.16. The predicted octanol–water partition coefficient (Wildman–Crippen LogP) is 2.43. The van der Waals surface area contributed by atoms with Crippen molar-refractivity contribution in [3.05, 3.63) is 51.4 Å². The molecule has 2 N–H and O–H groups in total. The maximum absolute atomic E-state index is 11.9. The van der Waals surface area contributed by atoms with Gasteiger partial charge in [-0.2, -0.15) is 0 Å². The molecule has 6 heteroatoms. The Morgan fingerprint density at radius 3 is 2.67 bits per heavy atom. The van der Waals surface area contributed by atoms with Gasteiger partial charge in [0.25, 0.3) is 5.56 Å². The van der Waals surface area contributed by atoms with Gasteiger partial charge in [0.15, 0.2) is 5.16 Å². The standard InChI is InChI=1S/C15H17N3O2S/c1-9-6-4-5-7-12(9)17-13(19)8-21-15-16-11(3)10(2)14(20)18-15/h4-7H,8H2,1-3H3,(H,17,19)(H,16,18,20). The summed E-state index contributed by atoms with van der Waals surface area (Å²) < 4.78 is 0. The molecule has 0 aliphatic rings. The minimum Gasteiger partial charge on any atom is -0.325 e. The van der Waals surface area contributed by atoms with Crippen LogP contribution in [-0.4, -0.2) is 21.6 Å². The number of H-pyrrole nitrogens is 1. The molecule has 110 valence electrons. The molecule has 1 amide bonds. The first-order valence-electron chi connectivity index (χ1n) is 6.53. The second-order valence-corrected chi connectivity index (χ2v) is 5.70. The number of benzene rings is 1. The summed E-state index contributed by atoms with van der Waals surface area (Å²) in [5.41, 5.74) is 2.92. The van der Waals surface area contributed by atoms with E-state index in [2.05, 4.69) is 15.3 Å². The van der Waals surface area contributed by atoms with Crippen molar-refractivity contribution in [2.45, 2.75) is 25.9 Å². The first-order chi connectivity index (χ1) is 9.97. The number of hydrogen-bond donors (Lipinski definition) is 2. The highest BCUT2D eigenvalue weighted by atomic mass is 32.2. The van der Waals surface area contributed by atoms with Gasteiger partial charge in [0.1, 0.15) is 0 Å². The van der Waals surface area contributed by atoms with Crippen molar-refractivity contribution in [2.24, 2.45) is 0 Å². The Morgan fingerprint density at radius 1 is 1.29 bits per heavy atom. The van der Waals surface area contributed by atoms with E-state index < -0.39 is 0 Å². The van der Waals surface area contributed by atoms with Gasteiger partial charge in [-0.1, -0.05) is 30.0 Å². The molecule has 21 heavy (non-hydrogen) atoms. The van der Waals surface area contributed by atoms with E-state index in [1.165, 1.54) is 11.8 Å². The molecule has 2 rings (SSSR count). The Labute approximate surface area is 127 Å². The largest absolute Gasteiger partial charge is 0.325 e. The van der Waals surface area contributed by atoms with Crippen molar-refractivity contribution in [1.82, 2.24) is 9.97 Å². The fourth-order valence-corrected chi connectivity index (χ4v) is 2.43. The van der Waals surface area contributed by atoms with Crippen molar-refractivity contribution < 1.29 is 4.79 Å². The van der Waals surface area contributed by atoms with Gasteiger partial charge >= 0.3 is 0 Å². The lowest BCUT2D eigenvalue weighted by Gasteiger charge is -2.08. The van der Waals surface area contributed by atoms with Crippen LogP contribution in [0.15, 0.2) is 34.2 Å². The number of aromatic nitrogens is 2. The first-order valence-corrected chi connectivity index (χ1v) is 7.51. The summed E-state index contributed by atoms with van der Waals surface area (Å²) in [6, 6.07) is 7.58. The average molecular weight is 303 g/mol. The third-order valence-electron chi connectivity index (χ3n) is 3.13. The average Bonchev–Trinajstić information content (AvgIpc) is 2.45. The molecule has 1 heterocycles. The Morgan fingerprint density at radius 2 is 2.00 bits per heavy atom. The Balaban J connectivity index is 1.99. The molecular formula is C15H17N3O2S. The van der Waals surface area contributed by atoms with Crippen molar-refractivity contribution >= 4 is 23.4 Å². The van der Waals surface area contributed by atoms with E-state index in [1.54, 1.807) is 13.8 Å². The zero-order valence-corrected chi connectivity index (χ0v) is 13.0. The van der Waals surface area contributed by atoms with Crippen LogP contribution in [0.2, 0.25) is 0 Å². The van der Waals surface area contributed by atoms with Gasteiger partial charge in [-0.3, -0.25) is 9.59 Å². The molecule has 0 bridgehead atoms. The Kier molecular flexibility index (Phi) is 4.80. The summed E-state index contributed by atoms with van der Waals surface area (Å²) >= 11 is 1.21. The van der Waals surface area contributed by atoms with Crippen LogP contribution in [0.25, 0.3) is 0 Å². The Hall–Kier alpha value is -2.08. The number of nitrogens with zero attached hydrogens (tertiary/aromatic N) is 1. The molecule has 0 aliphatic heterocycles. The molecule has 2 aromatic rings. The number of carbonyl (C=O) groups is 1. The van der Waals surface area contributed by atoms with E-state index >= 15 is 0 Å². The molecule has 0 saturated heterocycles. The zero-order valence-electron chi connectivity index (χ0n) is 12.2. The van der Waals surface area contributed by atoms with Crippen LogP contribution in [0.3, 0.4) is 0 Å². The monoisotopic (exact) mass is 303 g/mol. The predicted molar refractivity (Wildman–Crippen MR) is 84.9 cm³/mol. The molecular weight excluding hydrogens is 286 g/mol. The fraction of sp³-hybridized carbons (Fsp3) is 0.267. The molecule has 0 spiro atoms. The number of carbonyl (C=O) groups excluding carboxylic acids is 1. The molecule has 0 fully saturated rings. The lowest BCUT2D eigenvalue weighted by atomic mass is 10.2. The van der Waals surface area contributed by atoms with Crippen LogP contribution in [0.5, 0.6) is 0 Å². The highest BCUT2D eigenvalue weighted by Gasteiger charge is 2.08. The Bertz CT molecular complexity index is 725. The number of aromatic amines is 1. The summed E-state index contributed by atoms with van der Waals surface area (Å²) in [6.45, 7) is 5.44. The number of para-hydroxylation sites is 1. The second-order valence-electron chi connectivity index (χ2n) is 4.73. The maximum Gasteiger partial charge on any atom is 0.254 e. The van der Waals surface area contributed by atoms with Crippen LogP contribution in [-0.2, 0) is 4.79 Å². The third-order valence-corrected chi connectivity index (χ3v) is 4.01. The molecule has 0 saturated carbocycles. The van der Waals surface area contributed by atoms with Gasteiger partial charge in [0.05, 0.1) is 5.75 Å². The van der Waals surface area contributed by atoms with Gasteiger partial charge in [-0.25, -0.2) is 4.98 Å². The van der Waals surface area contributed by atoms with E-state index in [-0.39, 0.29) is 17.2 Å². The maximum atomic E-state index is 11.9.